The number of rotatable bonds is 3. The number of carbonyl (C=O) groups excluding carboxylic acids is 1. The van der Waals surface area contributed by atoms with Gasteiger partial charge in [-0.15, -0.1) is 5.10 Å². The van der Waals surface area contributed by atoms with Crippen LogP contribution in [0.1, 0.15) is 36.7 Å². The van der Waals surface area contributed by atoms with E-state index in [2.05, 4.69) is 48.0 Å². The van der Waals surface area contributed by atoms with Gasteiger partial charge in [0.05, 0.1) is 11.9 Å². The molecule has 0 saturated carbocycles. The molecule has 0 atom stereocenters. The zero-order valence-electron chi connectivity index (χ0n) is 16.9. The topological polar surface area (TPSA) is 52.6 Å². The van der Waals surface area contributed by atoms with E-state index in [4.69, 9.17) is 0 Å². The van der Waals surface area contributed by atoms with E-state index in [0.29, 0.717) is 13.1 Å². The van der Waals surface area contributed by atoms with Gasteiger partial charge in [-0.25, -0.2) is 0 Å². The largest absolute Gasteiger partial charge is 0.376 e. The molecular weight excluding hydrogens is 338 g/mol. The Morgan fingerprint density at radius 1 is 1.04 bits per heavy atom. The highest BCUT2D eigenvalue weighted by Crippen LogP contribution is 2.23. The number of hydrogen-bond acceptors (Lipinski definition) is 5. The van der Waals surface area contributed by atoms with Crippen LogP contribution in [0.4, 0.5) is 11.5 Å². The second-order valence-electron chi connectivity index (χ2n) is 8.27. The smallest absolute Gasteiger partial charge is 0.253 e. The molecule has 1 aliphatic heterocycles. The van der Waals surface area contributed by atoms with E-state index in [9.17, 15) is 4.79 Å². The first-order valence-corrected chi connectivity index (χ1v) is 9.40. The Balaban J connectivity index is 1.63. The van der Waals surface area contributed by atoms with Crippen molar-refractivity contribution in [2.75, 3.05) is 50.1 Å². The van der Waals surface area contributed by atoms with Crippen LogP contribution in [0.15, 0.2) is 36.5 Å². The van der Waals surface area contributed by atoms with Crippen molar-refractivity contribution in [3.8, 4) is 0 Å². The summed E-state index contributed by atoms with van der Waals surface area (Å²) in [7, 11) is 3.98. The van der Waals surface area contributed by atoms with Gasteiger partial charge < -0.3 is 14.7 Å². The van der Waals surface area contributed by atoms with Crippen LogP contribution < -0.4 is 9.80 Å². The van der Waals surface area contributed by atoms with Gasteiger partial charge in [0, 0.05) is 51.9 Å². The summed E-state index contributed by atoms with van der Waals surface area (Å²) in [4.78, 5) is 18.9. The number of aromatic nitrogens is 2. The maximum absolute atomic E-state index is 12.8. The Kier molecular flexibility index (Phi) is 5.35. The van der Waals surface area contributed by atoms with Crippen LogP contribution in [0.3, 0.4) is 0 Å². The summed E-state index contributed by atoms with van der Waals surface area (Å²) in [5.74, 6) is 0.964. The molecule has 1 amide bonds. The van der Waals surface area contributed by atoms with Crippen molar-refractivity contribution in [3.63, 3.8) is 0 Å². The van der Waals surface area contributed by atoms with Gasteiger partial charge >= 0.3 is 0 Å². The minimum absolute atomic E-state index is 0.0926. The number of piperazine rings is 1. The molecule has 27 heavy (non-hydrogen) atoms. The third kappa shape index (κ3) is 4.38. The molecule has 0 N–H and O–H groups in total. The van der Waals surface area contributed by atoms with Crippen LogP contribution in [0.5, 0.6) is 0 Å². The third-order valence-electron chi connectivity index (χ3n) is 5.03. The van der Waals surface area contributed by atoms with Crippen LogP contribution in [-0.4, -0.2) is 61.3 Å². The minimum Gasteiger partial charge on any atom is -0.376 e. The highest BCUT2D eigenvalue weighted by Gasteiger charge is 2.24. The highest BCUT2D eigenvalue weighted by molar-refractivity contribution is 5.94. The first-order chi connectivity index (χ1) is 12.8. The van der Waals surface area contributed by atoms with Crippen LogP contribution >= 0.6 is 0 Å². The molecule has 3 rings (SSSR count). The van der Waals surface area contributed by atoms with Gasteiger partial charge in [-0.3, -0.25) is 4.79 Å². The predicted octanol–water partition coefficient (Wildman–Crippen LogP) is 2.80. The summed E-state index contributed by atoms with van der Waals surface area (Å²) in [6.07, 6.45) is 1.75. The average Bonchev–Trinajstić information content (AvgIpc) is 2.67. The van der Waals surface area contributed by atoms with Crippen molar-refractivity contribution in [1.29, 1.82) is 0 Å². The van der Waals surface area contributed by atoms with E-state index in [1.807, 2.05) is 42.1 Å². The average molecular weight is 367 g/mol. The summed E-state index contributed by atoms with van der Waals surface area (Å²) in [5.41, 5.74) is 3.11. The van der Waals surface area contributed by atoms with Crippen molar-refractivity contribution in [2.45, 2.75) is 26.2 Å². The van der Waals surface area contributed by atoms with Crippen LogP contribution in [-0.2, 0) is 5.41 Å². The fourth-order valence-corrected chi connectivity index (χ4v) is 3.18. The Morgan fingerprint density at radius 3 is 2.22 bits per heavy atom. The number of amides is 1. The van der Waals surface area contributed by atoms with Crippen molar-refractivity contribution in [3.05, 3.63) is 47.7 Å². The molecule has 1 aromatic carbocycles. The molecule has 6 heteroatoms. The zero-order valence-corrected chi connectivity index (χ0v) is 16.9. The lowest BCUT2D eigenvalue weighted by Crippen LogP contribution is -2.49. The summed E-state index contributed by atoms with van der Waals surface area (Å²) < 4.78 is 0. The fraction of sp³-hybridized carbons (Fsp3) is 0.476. The van der Waals surface area contributed by atoms with Gasteiger partial charge in [0.15, 0.2) is 5.82 Å². The number of nitrogens with zero attached hydrogens (tertiary/aromatic N) is 5. The quantitative estimate of drug-likeness (QED) is 0.835. The van der Waals surface area contributed by atoms with Gasteiger partial charge in [0.2, 0.25) is 0 Å². The van der Waals surface area contributed by atoms with Crippen LogP contribution in [0, 0.1) is 0 Å². The Morgan fingerprint density at radius 2 is 1.67 bits per heavy atom. The number of carbonyl (C=O) groups is 1. The van der Waals surface area contributed by atoms with Gasteiger partial charge in [0.1, 0.15) is 0 Å². The molecule has 1 aliphatic rings. The van der Waals surface area contributed by atoms with E-state index in [1.165, 1.54) is 5.56 Å². The molecule has 0 bridgehead atoms. The van der Waals surface area contributed by atoms with Gasteiger partial charge in [-0.05, 0) is 23.1 Å². The SMILES string of the molecule is CN(C)c1cnnc(N2CCN(C(=O)c3ccc(C(C)(C)C)cc3)CC2)c1. The van der Waals surface area contributed by atoms with Crippen molar-refractivity contribution in [1.82, 2.24) is 15.1 Å². The molecule has 6 nitrogen and oxygen atoms in total. The Labute approximate surface area is 161 Å². The summed E-state index contributed by atoms with van der Waals surface area (Å²) >= 11 is 0. The third-order valence-corrected chi connectivity index (χ3v) is 5.03. The normalized spacial score (nSPS) is 15.0. The number of anilines is 2. The first kappa shape index (κ1) is 19.1. The standard InChI is InChI=1S/C21H29N5O/c1-21(2,3)17-8-6-16(7-9-17)20(27)26-12-10-25(11-13-26)19-14-18(24(4)5)15-22-23-19/h6-9,14-15H,10-13H2,1-5H3. The molecule has 1 fully saturated rings. The van der Waals surface area contributed by atoms with Gasteiger partial charge in [-0.2, -0.15) is 5.10 Å². The Hall–Kier alpha value is -2.63. The second-order valence-corrected chi connectivity index (χ2v) is 8.27. The lowest BCUT2D eigenvalue weighted by molar-refractivity contribution is 0.0746. The molecular formula is C21H29N5O. The van der Waals surface area contributed by atoms with Crippen molar-refractivity contribution < 1.29 is 4.79 Å². The van der Waals surface area contributed by atoms with E-state index < -0.39 is 0 Å². The summed E-state index contributed by atoms with van der Waals surface area (Å²) in [6, 6.07) is 10.1. The zero-order chi connectivity index (χ0) is 19.6. The minimum atomic E-state index is 0.0926. The van der Waals surface area contributed by atoms with Gasteiger partial charge in [-0.1, -0.05) is 32.9 Å². The molecule has 1 aromatic heterocycles. The second kappa shape index (κ2) is 7.55. The maximum atomic E-state index is 12.8. The summed E-state index contributed by atoms with van der Waals surface area (Å²) in [5, 5.41) is 8.35. The van der Waals surface area contributed by atoms with E-state index in [0.717, 1.165) is 30.2 Å². The number of hydrogen-bond donors (Lipinski definition) is 0. The fourth-order valence-electron chi connectivity index (χ4n) is 3.18. The van der Waals surface area contributed by atoms with Crippen molar-refractivity contribution >= 4 is 17.4 Å². The molecule has 0 radical (unpaired) electrons. The molecule has 0 unspecified atom stereocenters. The van der Waals surface area contributed by atoms with E-state index in [1.54, 1.807) is 6.20 Å². The van der Waals surface area contributed by atoms with E-state index >= 15 is 0 Å². The van der Waals surface area contributed by atoms with Gasteiger partial charge in [0.25, 0.3) is 5.91 Å². The summed E-state index contributed by atoms with van der Waals surface area (Å²) in [6.45, 7) is 9.43. The Bertz CT molecular complexity index is 787. The highest BCUT2D eigenvalue weighted by atomic mass is 16.2. The maximum Gasteiger partial charge on any atom is 0.253 e. The van der Waals surface area contributed by atoms with Crippen LogP contribution in [0.2, 0.25) is 0 Å². The monoisotopic (exact) mass is 367 g/mol. The predicted molar refractivity (Wildman–Crippen MR) is 110 cm³/mol. The first-order valence-electron chi connectivity index (χ1n) is 9.40. The molecule has 0 spiro atoms. The molecule has 2 heterocycles. The molecule has 144 valence electrons. The molecule has 2 aromatic rings. The lowest BCUT2D eigenvalue weighted by atomic mass is 9.86. The molecule has 1 saturated heterocycles. The number of benzene rings is 1. The van der Waals surface area contributed by atoms with Crippen LogP contribution in [0.25, 0.3) is 0 Å². The lowest BCUT2D eigenvalue weighted by Gasteiger charge is -2.35. The van der Waals surface area contributed by atoms with Crippen molar-refractivity contribution in [2.24, 2.45) is 0 Å². The molecule has 0 aliphatic carbocycles. The van der Waals surface area contributed by atoms with E-state index in [-0.39, 0.29) is 11.3 Å².